The van der Waals surface area contributed by atoms with Crippen LogP contribution in [0, 0.1) is 13.8 Å². The third-order valence-electron chi connectivity index (χ3n) is 4.88. The van der Waals surface area contributed by atoms with E-state index >= 15 is 0 Å². The summed E-state index contributed by atoms with van der Waals surface area (Å²) in [5, 5.41) is 9.80. The number of hydrogen-bond acceptors (Lipinski definition) is 5. The normalized spacial score (nSPS) is 11.3. The molecule has 4 rings (SSSR count). The molecule has 7 nitrogen and oxygen atoms in total. The number of aromatic nitrogens is 4. The van der Waals surface area contributed by atoms with Gasteiger partial charge in [0.1, 0.15) is 0 Å². The Kier molecular flexibility index (Phi) is 4.87. The maximum atomic E-state index is 13.4. The van der Waals surface area contributed by atoms with Crippen molar-refractivity contribution < 1.29 is 4.79 Å². The van der Waals surface area contributed by atoms with Crippen LogP contribution in [0.25, 0.3) is 22.4 Å². The second-order valence-corrected chi connectivity index (χ2v) is 8.04. The Morgan fingerprint density at radius 1 is 1.03 bits per heavy atom. The molecule has 1 amide bonds. The van der Waals surface area contributed by atoms with E-state index < -0.39 is 0 Å². The van der Waals surface area contributed by atoms with E-state index in [0.29, 0.717) is 16.3 Å². The summed E-state index contributed by atoms with van der Waals surface area (Å²) in [6.07, 6.45) is 0. The fourth-order valence-electron chi connectivity index (χ4n) is 3.39. The topological polar surface area (TPSA) is 72.5 Å². The van der Waals surface area contributed by atoms with Crippen molar-refractivity contribution in [2.45, 2.75) is 19.0 Å². The number of hydrogen-bond donors (Lipinski definition) is 0. The van der Waals surface area contributed by atoms with Crippen molar-refractivity contribution >= 4 is 34.3 Å². The van der Waals surface area contributed by atoms with Gasteiger partial charge in [0.05, 0.1) is 22.3 Å². The first kappa shape index (κ1) is 19.2. The van der Waals surface area contributed by atoms with E-state index in [1.165, 1.54) is 11.8 Å². The van der Waals surface area contributed by atoms with Gasteiger partial charge in [-0.2, -0.15) is 0 Å². The number of carbonyl (C=O) groups excluding carboxylic acids is 1. The zero-order chi connectivity index (χ0) is 20.7. The number of amides is 1. The van der Waals surface area contributed by atoms with Gasteiger partial charge in [0.2, 0.25) is 11.7 Å². The Morgan fingerprint density at radius 2 is 1.72 bits per heavy atom. The van der Waals surface area contributed by atoms with Gasteiger partial charge in [-0.1, -0.05) is 42.1 Å². The molecule has 8 heteroatoms. The minimum atomic E-state index is -0.140. The van der Waals surface area contributed by atoms with Crippen LogP contribution in [0.1, 0.15) is 11.1 Å². The molecule has 0 radical (unpaired) electrons. The quantitative estimate of drug-likeness (QED) is 0.487. The molecule has 0 bridgehead atoms. The molecule has 0 unspecified atom stereocenters. The third-order valence-corrected chi connectivity index (χ3v) is 5.80. The summed E-state index contributed by atoms with van der Waals surface area (Å²) >= 11 is 1.31. The van der Waals surface area contributed by atoms with E-state index in [-0.39, 0.29) is 17.2 Å². The van der Waals surface area contributed by atoms with Crippen LogP contribution >= 0.6 is 11.8 Å². The fourth-order valence-corrected chi connectivity index (χ4v) is 4.31. The predicted octanol–water partition coefficient (Wildman–Crippen LogP) is 2.83. The van der Waals surface area contributed by atoms with Gasteiger partial charge >= 0.3 is 0 Å². The van der Waals surface area contributed by atoms with Crippen LogP contribution in [0.4, 0.5) is 0 Å². The zero-order valence-corrected chi connectivity index (χ0v) is 17.5. The van der Waals surface area contributed by atoms with Gasteiger partial charge in [-0.25, -0.2) is 4.57 Å². The molecule has 0 atom stereocenters. The lowest BCUT2D eigenvalue weighted by Gasteiger charge is -2.15. The second-order valence-electron chi connectivity index (χ2n) is 7.09. The lowest BCUT2D eigenvalue weighted by Crippen LogP contribution is -2.24. The molecule has 29 heavy (non-hydrogen) atoms. The molecule has 2 aromatic carbocycles. The third kappa shape index (κ3) is 3.19. The summed E-state index contributed by atoms with van der Waals surface area (Å²) < 4.78 is 3.48. The first-order chi connectivity index (χ1) is 13.9. The minimum absolute atomic E-state index is 0.0147. The summed E-state index contributed by atoms with van der Waals surface area (Å²) in [4.78, 5) is 27.0. The lowest BCUT2D eigenvalue weighted by atomic mass is 10.1. The van der Waals surface area contributed by atoms with Crippen molar-refractivity contribution in [2.75, 3.05) is 19.8 Å². The molecule has 2 heterocycles. The Morgan fingerprint density at radius 3 is 2.41 bits per heavy atom. The molecule has 0 aliphatic carbocycles. The second kappa shape index (κ2) is 7.36. The number of aryl methyl sites for hydroxylation is 2. The van der Waals surface area contributed by atoms with Gasteiger partial charge in [0.25, 0.3) is 5.56 Å². The average Bonchev–Trinajstić information content (AvgIpc) is 3.12. The summed E-state index contributed by atoms with van der Waals surface area (Å²) in [6.45, 7) is 3.95. The van der Waals surface area contributed by atoms with Gasteiger partial charge in [0.15, 0.2) is 5.16 Å². The van der Waals surface area contributed by atoms with E-state index in [1.807, 2.05) is 54.6 Å². The molecule has 0 saturated heterocycles. The monoisotopic (exact) mass is 407 g/mol. The van der Waals surface area contributed by atoms with E-state index in [1.54, 1.807) is 29.6 Å². The molecule has 0 fully saturated rings. The van der Waals surface area contributed by atoms with E-state index in [9.17, 15) is 9.59 Å². The molecule has 0 spiro atoms. The SMILES string of the molecule is Cc1cccc(C)c1-n1c(=O)c2ccccc2n2c(SCC(=O)N(C)C)nnc12. The first-order valence-electron chi connectivity index (χ1n) is 9.18. The molecule has 4 aromatic rings. The van der Waals surface area contributed by atoms with Crippen molar-refractivity contribution in [2.24, 2.45) is 0 Å². The molecule has 2 aromatic heterocycles. The Labute approximate surface area is 172 Å². The number of fused-ring (bicyclic) bond motifs is 3. The van der Waals surface area contributed by atoms with Crippen LogP contribution in [0.15, 0.2) is 52.4 Å². The summed E-state index contributed by atoms with van der Waals surface area (Å²) in [5.74, 6) is 0.662. The van der Waals surface area contributed by atoms with Crippen LogP contribution < -0.4 is 5.56 Å². The zero-order valence-electron chi connectivity index (χ0n) is 16.7. The molecular formula is C21H21N5O2S. The van der Waals surface area contributed by atoms with Gasteiger partial charge in [-0.3, -0.25) is 14.0 Å². The van der Waals surface area contributed by atoms with Crippen LogP contribution in [-0.4, -0.2) is 49.8 Å². The van der Waals surface area contributed by atoms with Crippen LogP contribution in [0.3, 0.4) is 0 Å². The highest BCUT2D eigenvalue weighted by Crippen LogP contribution is 2.25. The fraction of sp³-hybridized carbons (Fsp3) is 0.238. The lowest BCUT2D eigenvalue weighted by molar-refractivity contribution is -0.125. The van der Waals surface area contributed by atoms with Gasteiger partial charge in [0, 0.05) is 14.1 Å². The molecule has 0 saturated carbocycles. The number of carbonyl (C=O) groups is 1. The van der Waals surface area contributed by atoms with Crippen LogP contribution in [0.5, 0.6) is 0 Å². The summed E-state index contributed by atoms with van der Waals surface area (Å²) in [7, 11) is 3.44. The maximum Gasteiger partial charge on any atom is 0.267 e. The van der Waals surface area contributed by atoms with E-state index in [2.05, 4.69) is 10.2 Å². The number of thioether (sulfide) groups is 1. The largest absolute Gasteiger partial charge is 0.348 e. The molecule has 148 valence electrons. The highest BCUT2D eigenvalue weighted by molar-refractivity contribution is 7.99. The van der Waals surface area contributed by atoms with Crippen molar-refractivity contribution in [1.82, 2.24) is 24.1 Å². The number of rotatable bonds is 4. The number of nitrogens with zero attached hydrogens (tertiary/aromatic N) is 5. The van der Waals surface area contributed by atoms with Crippen molar-refractivity contribution in [3.8, 4) is 5.69 Å². The highest BCUT2D eigenvalue weighted by Gasteiger charge is 2.20. The highest BCUT2D eigenvalue weighted by atomic mass is 32.2. The van der Waals surface area contributed by atoms with Crippen LogP contribution in [-0.2, 0) is 4.79 Å². The van der Waals surface area contributed by atoms with Crippen molar-refractivity contribution in [1.29, 1.82) is 0 Å². The smallest absolute Gasteiger partial charge is 0.267 e. The average molecular weight is 407 g/mol. The number of benzene rings is 2. The van der Waals surface area contributed by atoms with Gasteiger partial charge in [-0.15, -0.1) is 10.2 Å². The van der Waals surface area contributed by atoms with E-state index in [4.69, 9.17) is 0 Å². The summed E-state index contributed by atoms with van der Waals surface area (Å²) in [5.41, 5.74) is 3.34. The Hall–Kier alpha value is -3.13. The molecular weight excluding hydrogens is 386 g/mol. The first-order valence-corrected chi connectivity index (χ1v) is 10.2. The van der Waals surface area contributed by atoms with Gasteiger partial charge < -0.3 is 4.90 Å². The van der Waals surface area contributed by atoms with Crippen molar-refractivity contribution in [3.63, 3.8) is 0 Å². The predicted molar refractivity (Wildman–Crippen MR) is 115 cm³/mol. The Balaban J connectivity index is 2.04. The van der Waals surface area contributed by atoms with E-state index in [0.717, 1.165) is 22.3 Å². The Bertz CT molecular complexity index is 1290. The number of para-hydroxylation sites is 2. The molecule has 0 aliphatic heterocycles. The van der Waals surface area contributed by atoms with Crippen molar-refractivity contribution in [3.05, 3.63) is 63.9 Å². The van der Waals surface area contributed by atoms with Gasteiger partial charge in [-0.05, 0) is 37.1 Å². The molecule has 0 aliphatic rings. The minimum Gasteiger partial charge on any atom is -0.348 e. The van der Waals surface area contributed by atoms with Crippen LogP contribution in [0.2, 0.25) is 0 Å². The summed E-state index contributed by atoms with van der Waals surface area (Å²) in [6, 6.07) is 13.3. The standard InChI is InChI=1S/C21H21N5O2S/c1-13-8-7-9-14(2)18(13)26-19(28)15-10-5-6-11-16(15)25-20(26)22-23-21(25)29-12-17(27)24(3)4/h5-11H,12H2,1-4H3. The molecule has 0 N–H and O–H groups in total. The maximum absolute atomic E-state index is 13.4.